The Balaban J connectivity index is 2.15. The zero-order valence-electron chi connectivity index (χ0n) is 15.3. The van der Waals surface area contributed by atoms with Crippen LogP contribution in [0.3, 0.4) is 0 Å². The van der Waals surface area contributed by atoms with Crippen LogP contribution >= 0.6 is 12.2 Å². The summed E-state index contributed by atoms with van der Waals surface area (Å²) in [4.78, 5) is 0. The van der Waals surface area contributed by atoms with E-state index < -0.39 is 11.7 Å². The number of rotatable bonds is 6. The molecule has 0 amide bonds. The SMILES string of the molecule is COc1cc(OC)c(/C=N\NC(=S)Nc2ccccc2C(F)(F)F)c(OC)c1. The number of hydrogen-bond acceptors (Lipinski definition) is 5. The second kappa shape index (κ2) is 9.27. The van der Waals surface area contributed by atoms with Crippen molar-refractivity contribution in [1.82, 2.24) is 5.43 Å². The van der Waals surface area contributed by atoms with Gasteiger partial charge in [-0.25, -0.2) is 0 Å². The van der Waals surface area contributed by atoms with Crippen LogP contribution in [0.15, 0.2) is 41.5 Å². The highest BCUT2D eigenvalue weighted by molar-refractivity contribution is 7.80. The summed E-state index contributed by atoms with van der Waals surface area (Å²) in [5, 5.41) is 6.31. The van der Waals surface area contributed by atoms with Crippen molar-refractivity contribution in [3.63, 3.8) is 0 Å². The zero-order valence-corrected chi connectivity index (χ0v) is 16.1. The molecule has 0 heterocycles. The molecule has 6 nitrogen and oxygen atoms in total. The molecule has 0 fully saturated rings. The van der Waals surface area contributed by atoms with Crippen molar-refractivity contribution in [2.75, 3.05) is 26.6 Å². The van der Waals surface area contributed by atoms with Crippen LogP contribution in [0.4, 0.5) is 18.9 Å². The average Bonchev–Trinajstić information content (AvgIpc) is 2.67. The van der Waals surface area contributed by atoms with Gasteiger partial charge in [0, 0.05) is 12.1 Å². The Morgan fingerprint density at radius 1 is 1.04 bits per heavy atom. The maximum absolute atomic E-state index is 13.0. The fourth-order valence-electron chi connectivity index (χ4n) is 2.30. The standard InChI is InChI=1S/C18H18F3N3O3S/c1-25-11-8-15(26-2)12(16(9-11)27-3)10-22-24-17(28)23-14-7-5-4-6-13(14)18(19,20)21/h4-10H,1-3H3,(H2,23,24,28)/b22-10-. The molecular weight excluding hydrogens is 395 g/mol. The summed E-state index contributed by atoms with van der Waals surface area (Å²) in [7, 11) is 4.45. The van der Waals surface area contributed by atoms with E-state index in [9.17, 15) is 13.2 Å². The lowest BCUT2D eigenvalue weighted by Crippen LogP contribution is -2.25. The Kier molecular flexibility index (Phi) is 7.05. The van der Waals surface area contributed by atoms with Gasteiger partial charge in [0.25, 0.3) is 0 Å². The van der Waals surface area contributed by atoms with Gasteiger partial charge in [0.05, 0.1) is 44.4 Å². The van der Waals surface area contributed by atoms with E-state index in [4.69, 9.17) is 26.4 Å². The van der Waals surface area contributed by atoms with Crippen molar-refractivity contribution < 1.29 is 27.4 Å². The summed E-state index contributed by atoms with van der Waals surface area (Å²) in [5.74, 6) is 1.39. The number of alkyl halides is 3. The Hall–Kier alpha value is -3.01. The Morgan fingerprint density at radius 2 is 1.64 bits per heavy atom. The summed E-state index contributed by atoms with van der Waals surface area (Å²) in [6.07, 6.45) is -3.13. The molecular formula is C18H18F3N3O3S. The van der Waals surface area contributed by atoms with Crippen LogP contribution in [-0.4, -0.2) is 32.7 Å². The van der Waals surface area contributed by atoms with E-state index in [0.29, 0.717) is 22.8 Å². The summed E-state index contributed by atoms with van der Waals surface area (Å²) in [6, 6.07) is 8.28. The average molecular weight is 413 g/mol. The van der Waals surface area contributed by atoms with E-state index in [-0.39, 0.29) is 10.8 Å². The first-order valence-electron chi connectivity index (χ1n) is 7.86. The highest BCUT2D eigenvalue weighted by Gasteiger charge is 2.33. The van der Waals surface area contributed by atoms with E-state index in [0.717, 1.165) is 6.07 Å². The fraction of sp³-hybridized carbons (Fsp3) is 0.222. The van der Waals surface area contributed by atoms with E-state index in [2.05, 4.69) is 15.8 Å². The molecule has 2 rings (SSSR count). The highest BCUT2D eigenvalue weighted by Crippen LogP contribution is 2.34. The minimum absolute atomic E-state index is 0.112. The maximum atomic E-state index is 13.0. The largest absolute Gasteiger partial charge is 0.496 e. The van der Waals surface area contributed by atoms with Crippen molar-refractivity contribution in [3.05, 3.63) is 47.5 Å². The Bertz CT molecular complexity index is 848. The summed E-state index contributed by atoms with van der Waals surface area (Å²) in [5.41, 5.74) is 1.96. The van der Waals surface area contributed by atoms with Gasteiger partial charge in [0.15, 0.2) is 5.11 Å². The number of thiocarbonyl (C=S) groups is 1. The van der Waals surface area contributed by atoms with E-state index >= 15 is 0 Å². The molecule has 0 saturated carbocycles. The summed E-state index contributed by atoms with van der Waals surface area (Å²) < 4.78 is 54.8. The third kappa shape index (κ3) is 5.26. The predicted octanol–water partition coefficient (Wildman–Crippen LogP) is 4.05. The normalized spacial score (nSPS) is 11.2. The van der Waals surface area contributed by atoms with Gasteiger partial charge in [-0.3, -0.25) is 5.43 Å². The molecule has 0 saturated heterocycles. The minimum Gasteiger partial charge on any atom is -0.496 e. The number of ether oxygens (including phenoxy) is 3. The molecule has 0 atom stereocenters. The number of methoxy groups -OCH3 is 3. The molecule has 0 spiro atoms. The molecule has 0 aliphatic heterocycles. The van der Waals surface area contributed by atoms with Crippen LogP contribution in [0, 0.1) is 0 Å². The van der Waals surface area contributed by atoms with Gasteiger partial charge in [-0.2, -0.15) is 18.3 Å². The molecule has 2 aromatic rings. The van der Waals surface area contributed by atoms with Gasteiger partial charge >= 0.3 is 6.18 Å². The van der Waals surface area contributed by atoms with E-state index in [1.165, 1.54) is 45.7 Å². The van der Waals surface area contributed by atoms with Gasteiger partial charge in [0.2, 0.25) is 0 Å². The van der Waals surface area contributed by atoms with Crippen molar-refractivity contribution in [2.45, 2.75) is 6.18 Å². The van der Waals surface area contributed by atoms with E-state index in [1.807, 2.05) is 0 Å². The lowest BCUT2D eigenvalue weighted by molar-refractivity contribution is -0.136. The van der Waals surface area contributed by atoms with Crippen molar-refractivity contribution in [3.8, 4) is 17.2 Å². The smallest absolute Gasteiger partial charge is 0.418 e. The van der Waals surface area contributed by atoms with Gasteiger partial charge in [-0.1, -0.05) is 12.1 Å². The number of benzene rings is 2. The molecule has 28 heavy (non-hydrogen) atoms. The van der Waals surface area contributed by atoms with Crippen LogP contribution in [0.25, 0.3) is 0 Å². The number of para-hydroxylation sites is 1. The minimum atomic E-state index is -4.51. The fourth-order valence-corrected chi connectivity index (χ4v) is 2.47. The molecule has 0 aliphatic rings. The number of hydrazone groups is 1. The molecule has 150 valence electrons. The number of nitrogens with one attached hydrogen (secondary N) is 2. The molecule has 0 unspecified atom stereocenters. The molecule has 0 aliphatic carbocycles. The van der Waals surface area contributed by atoms with Crippen LogP contribution in [-0.2, 0) is 6.18 Å². The third-order valence-electron chi connectivity index (χ3n) is 3.59. The van der Waals surface area contributed by atoms with Crippen molar-refractivity contribution in [1.29, 1.82) is 0 Å². The predicted molar refractivity (Wildman–Crippen MR) is 104 cm³/mol. The summed E-state index contributed by atoms with van der Waals surface area (Å²) >= 11 is 5.01. The van der Waals surface area contributed by atoms with Crippen LogP contribution in [0.5, 0.6) is 17.2 Å². The number of nitrogens with zero attached hydrogens (tertiary/aromatic N) is 1. The number of hydrogen-bond donors (Lipinski definition) is 2. The second-order valence-corrected chi connectivity index (χ2v) is 5.72. The maximum Gasteiger partial charge on any atom is 0.418 e. The second-order valence-electron chi connectivity index (χ2n) is 5.31. The molecule has 2 aromatic carbocycles. The topological polar surface area (TPSA) is 64.1 Å². The van der Waals surface area contributed by atoms with Crippen LogP contribution in [0.1, 0.15) is 11.1 Å². The van der Waals surface area contributed by atoms with Crippen LogP contribution in [0.2, 0.25) is 0 Å². The highest BCUT2D eigenvalue weighted by atomic mass is 32.1. The van der Waals surface area contributed by atoms with Crippen molar-refractivity contribution in [2.24, 2.45) is 5.10 Å². The Morgan fingerprint density at radius 3 is 2.18 bits per heavy atom. The van der Waals surface area contributed by atoms with Gasteiger partial charge in [-0.05, 0) is 24.4 Å². The van der Waals surface area contributed by atoms with E-state index in [1.54, 1.807) is 12.1 Å². The first kappa shape index (κ1) is 21.3. The first-order chi connectivity index (χ1) is 13.3. The van der Waals surface area contributed by atoms with Gasteiger partial charge in [-0.15, -0.1) is 0 Å². The van der Waals surface area contributed by atoms with Crippen molar-refractivity contribution >= 4 is 29.2 Å². The zero-order chi connectivity index (χ0) is 20.7. The monoisotopic (exact) mass is 413 g/mol. The van der Waals surface area contributed by atoms with Crippen LogP contribution < -0.4 is 25.0 Å². The number of anilines is 1. The summed E-state index contributed by atoms with van der Waals surface area (Å²) in [6.45, 7) is 0. The quantitative estimate of drug-likeness (QED) is 0.423. The lowest BCUT2D eigenvalue weighted by Gasteiger charge is -2.14. The molecule has 0 bridgehead atoms. The van der Waals surface area contributed by atoms with Gasteiger partial charge < -0.3 is 19.5 Å². The van der Waals surface area contributed by atoms with Gasteiger partial charge in [0.1, 0.15) is 17.2 Å². The molecule has 2 N–H and O–H groups in total. The molecule has 0 radical (unpaired) electrons. The Labute approximate surface area is 165 Å². The number of halogens is 3. The molecule has 0 aromatic heterocycles. The molecule has 10 heteroatoms. The third-order valence-corrected chi connectivity index (χ3v) is 3.79. The first-order valence-corrected chi connectivity index (χ1v) is 8.27. The lowest BCUT2D eigenvalue weighted by atomic mass is 10.1.